The first-order chi connectivity index (χ1) is 19.1. The van der Waals surface area contributed by atoms with E-state index in [1.165, 1.54) is 23.0 Å². The van der Waals surface area contributed by atoms with E-state index in [9.17, 15) is 14.7 Å². The number of aromatic hydroxyl groups is 1. The maximum absolute atomic E-state index is 13.9. The van der Waals surface area contributed by atoms with Gasteiger partial charge in [0.15, 0.2) is 27.8 Å². The standard InChI is InChI=1S/C29H31ClN2O7S/c1-7-37-22-12-17(11-19(30)26(22)33)13-23-27(34)32-25(18-9-10-20(39-15(3)4)21(14-18)36-6)24(28(35)38-8-2)16(5)31-29(32)40-23/h9-15,25,33H,7-8H2,1-6H3/b23-13-/t25-/m1/s1. The third kappa shape index (κ3) is 5.73. The molecular weight excluding hydrogens is 556 g/mol. The highest BCUT2D eigenvalue weighted by Crippen LogP contribution is 2.37. The first-order valence-electron chi connectivity index (χ1n) is 12.8. The number of esters is 1. The van der Waals surface area contributed by atoms with Crippen LogP contribution in [0.3, 0.4) is 0 Å². The fraction of sp³-hybridized carbons (Fsp3) is 0.345. The summed E-state index contributed by atoms with van der Waals surface area (Å²) in [5, 5.41) is 10.3. The minimum atomic E-state index is -0.818. The van der Waals surface area contributed by atoms with Crippen molar-refractivity contribution in [3.8, 4) is 23.0 Å². The van der Waals surface area contributed by atoms with Gasteiger partial charge in [0.1, 0.15) is 0 Å². The largest absolute Gasteiger partial charge is 0.503 e. The van der Waals surface area contributed by atoms with Gasteiger partial charge in [-0.2, -0.15) is 0 Å². The normalized spacial score (nSPS) is 15.1. The number of carbonyl (C=O) groups excluding carboxylic acids is 1. The number of halogens is 1. The molecule has 0 bridgehead atoms. The van der Waals surface area contributed by atoms with Crippen LogP contribution in [0.4, 0.5) is 0 Å². The van der Waals surface area contributed by atoms with E-state index in [-0.39, 0.29) is 40.4 Å². The van der Waals surface area contributed by atoms with Gasteiger partial charge in [-0.15, -0.1) is 0 Å². The number of carbonyl (C=O) groups is 1. The molecule has 212 valence electrons. The summed E-state index contributed by atoms with van der Waals surface area (Å²) in [5.74, 6) is 0.490. The van der Waals surface area contributed by atoms with Gasteiger partial charge in [0.05, 0.1) is 53.3 Å². The molecule has 0 fully saturated rings. The quantitative estimate of drug-likeness (QED) is 0.371. The number of hydrogen-bond acceptors (Lipinski definition) is 9. The molecule has 9 nitrogen and oxygen atoms in total. The zero-order chi connectivity index (χ0) is 29.1. The van der Waals surface area contributed by atoms with Gasteiger partial charge in [0, 0.05) is 0 Å². The van der Waals surface area contributed by atoms with Gasteiger partial charge < -0.3 is 24.1 Å². The Morgan fingerprint density at radius 1 is 1.18 bits per heavy atom. The number of methoxy groups -OCH3 is 1. The van der Waals surface area contributed by atoms with Crippen molar-refractivity contribution in [1.82, 2.24) is 4.57 Å². The summed E-state index contributed by atoms with van der Waals surface area (Å²) in [6, 6.07) is 7.65. The first-order valence-corrected chi connectivity index (χ1v) is 14.0. The van der Waals surface area contributed by atoms with E-state index in [1.807, 2.05) is 13.8 Å². The molecule has 0 aliphatic carbocycles. The van der Waals surface area contributed by atoms with Crippen molar-refractivity contribution in [2.24, 2.45) is 4.99 Å². The molecule has 0 spiro atoms. The van der Waals surface area contributed by atoms with E-state index in [2.05, 4.69) is 4.99 Å². The summed E-state index contributed by atoms with van der Waals surface area (Å²) < 4.78 is 24.1. The fourth-order valence-electron chi connectivity index (χ4n) is 4.41. The van der Waals surface area contributed by atoms with E-state index in [4.69, 9.17) is 30.5 Å². The maximum atomic E-state index is 13.9. The van der Waals surface area contributed by atoms with Gasteiger partial charge >= 0.3 is 5.97 Å². The van der Waals surface area contributed by atoms with E-state index < -0.39 is 12.0 Å². The van der Waals surface area contributed by atoms with Crippen molar-refractivity contribution < 1.29 is 28.8 Å². The number of allylic oxidation sites excluding steroid dienone is 1. The van der Waals surface area contributed by atoms with Crippen LogP contribution in [-0.4, -0.2) is 42.1 Å². The molecule has 3 aromatic rings. The molecule has 4 rings (SSSR count). The molecule has 1 aromatic heterocycles. The Bertz CT molecular complexity index is 1660. The van der Waals surface area contributed by atoms with Crippen LogP contribution in [0, 0.1) is 0 Å². The summed E-state index contributed by atoms with van der Waals surface area (Å²) in [5.41, 5.74) is 1.54. The number of benzene rings is 2. The van der Waals surface area contributed by atoms with Crippen LogP contribution in [0.2, 0.25) is 5.02 Å². The summed E-state index contributed by atoms with van der Waals surface area (Å²) in [6.45, 7) is 9.55. The topological polar surface area (TPSA) is 109 Å². The highest BCUT2D eigenvalue weighted by atomic mass is 35.5. The highest BCUT2D eigenvalue weighted by molar-refractivity contribution is 7.07. The van der Waals surface area contributed by atoms with Crippen LogP contribution >= 0.6 is 22.9 Å². The van der Waals surface area contributed by atoms with Gasteiger partial charge in [-0.25, -0.2) is 9.79 Å². The van der Waals surface area contributed by atoms with Crippen LogP contribution in [-0.2, 0) is 9.53 Å². The molecule has 0 unspecified atom stereocenters. The number of phenolic OH excluding ortho intramolecular Hbond substituents is 1. The monoisotopic (exact) mass is 586 g/mol. The molecule has 40 heavy (non-hydrogen) atoms. The average Bonchev–Trinajstić information content (AvgIpc) is 3.20. The van der Waals surface area contributed by atoms with E-state index >= 15 is 0 Å². The average molecular weight is 587 g/mol. The van der Waals surface area contributed by atoms with Gasteiger partial charge in [-0.3, -0.25) is 9.36 Å². The number of rotatable bonds is 9. The molecule has 0 amide bonds. The van der Waals surface area contributed by atoms with E-state index in [1.54, 1.807) is 57.2 Å². The second-order valence-electron chi connectivity index (χ2n) is 9.16. The maximum Gasteiger partial charge on any atom is 0.338 e. The molecule has 1 N–H and O–H groups in total. The van der Waals surface area contributed by atoms with Gasteiger partial charge in [0.25, 0.3) is 5.56 Å². The zero-order valence-corrected chi connectivity index (χ0v) is 24.7. The summed E-state index contributed by atoms with van der Waals surface area (Å²) in [4.78, 5) is 32.1. The molecule has 1 atom stereocenters. The van der Waals surface area contributed by atoms with Crippen LogP contribution in [0.5, 0.6) is 23.0 Å². The number of aromatic nitrogens is 1. The molecule has 1 aliphatic heterocycles. The molecule has 0 saturated heterocycles. The number of nitrogens with zero attached hydrogens (tertiary/aromatic N) is 2. The van der Waals surface area contributed by atoms with Crippen molar-refractivity contribution in [1.29, 1.82) is 0 Å². The SMILES string of the molecule is CCOC(=O)C1=C(C)N=c2s/c(=C\c3cc(Cl)c(O)c(OCC)c3)c(=O)n2[C@@H]1c1ccc(OC(C)C)c(OC)c1. The van der Waals surface area contributed by atoms with Crippen molar-refractivity contribution >= 4 is 35.0 Å². The number of ether oxygens (including phenoxy) is 4. The van der Waals surface area contributed by atoms with Crippen LogP contribution in [0.15, 0.2) is 51.4 Å². The van der Waals surface area contributed by atoms with Crippen molar-refractivity contribution in [3.63, 3.8) is 0 Å². The zero-order valence-electron chi connectivity index (χ0n) is 23.1. The Morgan fingerprint density at radius 3 is 2.58 bits per heavy atom. The number of hydrogen-bond donors (Lipinski definition) is 1. The summed E-state index contributed by atoms with van der Waals surface area (Å²) in [6.07, 6.45) is 1.57. The lowest BCUT2D eigenvalue weighted by molar-refractivity contribution is -0.139. The Labute approximate surface area is 240 Å². The van der Waals surface area contributed by atoms with Gasteiger partial charge in [0.2, 0.25) is 0 Å². The highest BCUT2D eigenvalue weighted by Gasteiger charge is 2.34. The van der Waals surface area contributed by atoms with E-state index in [0.717, 1.165) is 0 Å². The predicted molar refractivity (Wildman–Crippen MR) is 153 cm³/mol. The number of fused-ring (bicyclic) bond motifs is 1. The van der Waals surface area contributed by atoms with Gasteiger partial charge in [-0.05, 0) is 76.1 Å². The molecule has 0 saturated carbocycles. The van der Waals surface area contributed by atoms with E-state index in [0.29, 0.717) is 44.3 Å². The van der Waals surface area contributed by atoms with Crippen molar-refractivity contribution in [2.75, 3.05) is 20.3 Å². The fourth-order valence-corrected chi connectivity index (χ4v) is 5.67. The molecular formula is C29H31ClN2O7S. The first kappa shape index (κ1) is 29.2. The molecule has 2 heterocycles. The second-order valence-corrected chi connectivity index (χ2v) is 10.6. The van der Waals surface area contributed by atoms with Crippen LogP contribution in [0.25, 0.3) is 6.08 Å². The molecule has 11 heteroatoms. The predicted octanol–water partition coefficient (Wildman–Crippen LogP) is 4.35. The van der Waals surface area contributed by atoms with Crippen LogP contribution < -0.4 is 29.1 Å². The Kier molecular flexibility index (Phi) is 8.90. The van der Waals surface area contributed by atoms with Crippen LogP contribution in [0.1, 0.15) is 51.8 Å². The summed E-state index contributed by atoms with van der Waals surface area (Å²) in [7, 11) is 1.53. The Balaban J connectivity index is 1.94. The third-order valence-electron chi connectivity index (χ3n) is 6.03. The number of phenols is 1. The minimum absolute atomic E-state index is 0.0775. The summed E-state index contributed by atoms with van der Waals surface area (Å²) >= 11 is 7.39. The lowest BCUT2D eigenvalue weighted by Gasteiger charge is -2.25. The number of thiazole rings is 1. The molecule has 2 aromatic carbocycles. The lowest BCUT2D eigenvalue weighted by atomic mass is 9.95. The molecule has 1 aliphatic rings. The smallest absolute Gasteiger partial charge is 0.338 e. The van der Waals surface area contributed by atoms with Gasteiger partial charge in [-0.1, -0.05) is 29.0 Å². The Hall–Kier alpha value is -3.76. The Morgan fingerprint density at radius 2 is 1.93 bits per heavy atom. The second kappa shape index (κ2) is 12.2. The minimum Gasteiger partial charge on any atom is -0.503 e. The van der Waals surface area contributed by atoms with Crippen molar-refractivity contribution in [3.05, 3.63) is 77.4 Å². The van der Waals surface area contributed by atoms with Crippen molar-refractivity contribution in [2.45, 2.75) is 46.8 Å². The molecule has 0 radical (unpaired) electrons. The third-order valence-corrected chi connectivity index (χ3v) is 7.30. The lowest BCUT2D eigenvalue weighted by Crippen LogP contribution is -2.40.